The molecule has 1 N–H and O–H groups in total. The summed E-state index contributed by atoms with van der Waals surface area (Å²) in [4.78, 5) is 24.0. The van der Waals surface area contributed by atoms with Crippen LogP contribution in [-0.4, -0.2) is 17.5 Å². The monoisotopic (exact) mass is 341 g/mol. The molecule has 1 amide bonds. The summed E-state index contributed by atoms with van der Waals surface area (Å²) in [6, 6.07) is 7.20. The molecule has 134 valence electrons. The molecule has 0 aliphatic heterocycles. The Labute approximate surface area is 150 Å². The van der Waals surface area contributed by atoms with Gasteiger partial charge in [0.1, 0.15) is 5.60 Å². The highest BCUT2D eigenvalue weighted by molar-refractivity contribution is 5.97. The maximum atomic E-state index is 12.3. The van der Waals surface area contributed by atoms with Crippen LogP contribution in [0.15, 0.2) is 35.9 Å². The molecular formula is C21H27NO3. The lowest BCUT2D eigenvalue weighted by atomic mass is 9.99. The van der Waals surface area contributed by atoms with Crippen LogP contribution in [0.5, 0.6) is 0 Å². The van der Waals surface area contributed by atoms with E-state index in [0.717, 1.165) is 24.0 Å². The Bertz CT molecular complexity index is 658. The second kappa shape index (κ2) is 9.68. The first-order valence-electron chi connectivity index (χ1n) is 8.48. The predicted molar refractivity (Wildman–Crippen MR) is 100 cm³/mol. The largest absolute Gasteiger partial charge is 0.444 e. The molecule has 0 atom stereocenters. The number of carbonyl (C=O) groups is 2. The van der Waals surface area contributed by atoms with Crippen LogP contribution < -0.4 is 5.32 Å². The molecule has 0 aromatic heterocycles. The van der Waals surface area contributed by atoms with Gasteiger partial charge in [0.15, 0.2) is 5.78 Å². The maximum absolute atomic E-state index is 12.3. The number of ether oxygens (including phenoxy) is 1. The Morgan fingerprint density at radius 3 is 2.40 bits per heavy atom. The van der Waals surface area contributed by atoms with E-state index in [1.54, 1.807) is 18.2 Å². The van der Waals surface area contributed by atoms with Crippen molar-refractivity contribution in [2.45, 2.75) is 59.1 Å². The highest BCUT2D eigenvalue weighted by Crippen LogP contribution is 2.15. The molecule has 1 aromatic rings. The summed E-state index contributed by atoms with van der Waals surface area (Å²) in [5.74, 6) is 2.54. The Balaban J connectivity index is 2.61. The number of terminal acetylenes is 1. The highest BCUT2D eigenvalue weighted by atomic mass is 16.6. The van der Waals surface area contributed by atoms with Crippen molar-refractivity contribution in [2.24, 2.45) is 0 Å². The first-order valence-corrected chi connectivity index (χ1v) is 8.48. The molecule has 0 aliphatic rings. The van der Waals surface area contributed by atoms with Crippen molar-refractivity contribution in [3.05, 3.63) is 47.0 Å². The van der Waals surface area contributed by atoms with E-state index in [-0.39, 0.29) is 5.78 Å². The number of hydrogen-bond donors (Lipinski definition) is 1. The molecule has 0 bridgehead atoms. The van der Waals surface area contributed by atoms with E-state index in [0.29, 0.717) is 18.5 Å². The zero-order valence-corrected chi connectivity index (χ0v) is 15.5. The summed E-state index contributed by atoms with van der Waals surface area (Å²) < 4.78 is 5.18. The van der Waals surface area contributed by atoms with Crippen LogP contribution in [0.25, 0.3) is 0 Å². The molecule has 0 saturated carbocycles. The highest BCUT2D eigenvalue weighted by Gasteiger charge is 2.15. The van der Waals surface area contributed by atoms with Crippen molar-refractivity contribution in [3.63, 3.8) is 0 Å². The summed E-state index contributed by atoms with van der Waals surface area (Å²) in [5.41, 5.74) is 1.99. The minimum absolute atomic E-state index is 0.0431. The smallest absolute Gasteiger partial charge is 0.407 e. The van der Waals surface area contributed by atoms with Gasteiger partial charge < -0.3 is 10.1 Å². The van der Waals surface area contributed by atoms with Gasteiger partial charge in [0.2, 0.25) is 0 Å². The van der Waals surface area contributed by atoms with Gasteiger partial charge in [-0.3, -0.25) is 4.79 Å². The van der Waals surface area contributed by atoms with Gasteiger partial charge in [-0.2, -0.15) is 0 Å². The molecule has 4 nitrogen and oxygen atoms in total. The lowest BCUT2D eigenvalue weighted by molar-refractivity contribution is 0.0523. The minimum atomic E-state index is -0.525. The number of benzene rings is 1. The molecule has 1 rings (SSSR count). The topological polar surface area (TPSA) is 55.4 Å². The molecule has 0 unspecified atom stereocenters. The van der Waals surface area contributed by atoms with Crippen molar-refractivity contribution in [2.75, 3.05) is 0 Å². The third-order valence-electron chi connectivity index (χ3n) is 3.36. The first-order chi connectivity index (χ1) is 11.7. The van der Waals surface area contributed by atoms with Crippen LogP contribution in [0, 0.1) is 12.3 Å². The second-order valence-electron chi connectivity index (χ2n) is 6.87. The van der Waals surface area contributed by atoms with Crippen LogP contribution in [-0.2, 0) is 11.3 Å². The zero-order valence-electron chi connectivity index (χ0n) is 15.5. The quantitative estimate of drug-likeness (QED) is 0.580. The number of nitrogens with one attached hydrogen (secondary N) is 1. The summed E-state index contributed by atoms with van der Waals surface area (Å²) in [5, 5.41) is 2.69. The van der Waals surface area contributed by atoms with Crippen molar-refractivity contribution >= 4 is 11.9 Å². The number of allylic oxidation sites excluding steroid dienone is 2. The van der Waals surface area contributed by atoms with Gasteiger partial charge in [0.25, 0.3) is 0 Å². The molecule has 1 aromatic carbocycles. The average molecular weight is 341 g/mol. The van der Waals surface area contributed by atoms with E-state index in [1.807, 2.05) is 32.9 Å². The Morgan fingerprint density at radius 1 is 1.24 bits per heavy atom. The zero-order chi connectivity index (χ0) is 18.9. The maximum Gasteiger partial charge on any atom is 0.407 e. The summed E-state index contributed by atoms with van der Waals surface area (Å²) >= 11 is 0. The van der Waals surface area contributed by atoms with E-state index >= 15 is 0 Å². The number of ketones is 1. The van der Waals surface area contributed by atoms with Crippen LogP contribution in [0.1, 0.15) is 62.9 Å². The van der Waals surface area contributed by atoms with Crippen LogP contribution in [0.2, 0.25) is 0 Å². The summed E-state index contributed by atoms with van der Waals surface area (Å²) in [7, 11) is 0. The minimum Gasteiger partial charge on any atom is -0.444 e. The van der Waals surface area contributed by atoms with Crippen molar-refractivity contribution in [1.29, 1.82) is 0 Å². The molecule has 0 fully saturated rings. The van der Waals surface area contributed by atoms with E-state index in [4.69, 9.17) is 11.2 Å². The lowest BCUT2D eigenvalue weighted by Crippen LogP contribution is -2.32. The van der Waals surface area contributed by atoms with Gasteiger partial charge in [-0.05, 0) is 38.8 Å². The van der Waals surface area contributed by atoms with E-state index in [1.165, 1.54) is 0 Å². The van der Waals surface area contributed by atoms with Gasteiger partial charge in [-0.15, -0.1) is 6.42 Å². The number of amides is 1. The van der Waals surface area contributed by atoms with E-state index < -0.39 is 11.7 Å². The molecule has 0 spiro atoms. The summed E-state index contributed by atoms with van der Waals surface area (Å²) in [6.45, 7) is 7.85. The number of rotatable bonds is 7. The fourth-order valence-corrected chi connectivity index (χ4v) is 2.26. The SMILES string of the molecule is C#C/C=C(\CCC)CC(=O)c1ccc(CNC(=O)OC(C)(C)C)cc1. The number of carbonyl (C=O) groups excluding carboxylic acids is 2. The summed E-state index contributed by atoms with van der Waals surface area (Å²) in [6.07, 6.45) is 8.65. The standard InChI is InChI=1S/C21H27NO3/c1-6-8-16(9-7-2)14-19(23)18-12-10-17(11-13-18)15-22-20(24)25-21(3,4)5/h1,8,10-13H,7,9,14-15H2,2-5H3,(H,22,24)/b16-8+. The Morgan fingerprint density at radius 2 is 1.88 bits per heavy atom. The van der Waals surface area contributed by atoms with Crippen molar-refractivity contribution in [1.82, 2.24) is 5.32 Å². The Kier molecular flexibility index (Phi) is 7.94. The van der Waals surface area contributed by atoms with Crippen molar-refractivity contribution in [3.8, 4) is 12.3 Å². The fraction of sp³-hybridized carbons (Fsp3) is 0.429. The fourth-order valence-electron chi connectivity index (χ4n) is 2.26. The van der Waals surface area contributed by atoms with Crippen molar-refractivity contribution < 1.29 is 14.3 Å². The molecule has 4 heteroatoms. The Hall–Kier alpha value is -2.54. The molecule has 0 saturated heterocycles. The molecule has 0 radical (unpaired) electrons. The van der Waals surface area contributed by atoms with Gasteiger partial charge in [-0.25, -0.2) is 4.79 Å². The molecule has 0 heterocycles. The van der Waals surface area contributed by atoms with Crippen LogP contribution in [0.3, 0.4) is 0 Å². The first kappa shape index (κ1) is 20.5. The van der Waals surface area contributed by atoms with E-state index in [9.17, 15) is 9.59 Å². The third kappa shape index (κ3) is 8.21. The number of Topliss-reactive ketones (excluding diaryl/α,β-unsaturated/α-hetero) is 1. The van der Waals surface area contributed by atoms with Crippen LogP contribution >= 0.6 is 0 Å². The van der Waals surface area contributed by atoms with Gasteiger partial charge >= 0.3 is 6.09 Å². The molecule has 0 aliphatic carbocycles. The van der Waals surface area contributed by atoms with Crippen LogP contribution in [0.4, 0.5) is 4.79 Å². The second-order valence-corrected chi connectivity index (χ2v) is 6.87. The van der Waals surface area contributed by atoms with Gasteiger partial charge in [0.05, 0.1) is 0 Å². The van der Waals surface area contributed by atoms with Gasteiger partial charge in [-0.1, -0.05) is 49.1 Å². The number of alkyl carbamates (subject to hydrolysis) is 1. The van der Waals surface area contributed by atoms with E-state index in [2.05, 4.69) is 18.2 Å². The predicted octanol–water partition coefficient (Wildman–Crippen LogP) is 4.64. The molecular weight excluding hydrogens is 314 g/mol. The third-order valence-corrected chi connectivity index (χ3v) is 3.36. The molecule has 25 heavy (non-hydrogen) atoms. The lowest BCUT2D eigenvalue weighted by Gasteiger charge is -2.19. The number of hydrogen-bond acceptors (Lipinski definition) is 3. The van der Waals surface area contributed by atoms with Gasteiger partial charge in [0, 0.05) is 18.5 Å². The normalized spacial score (nSPS) is 11.6. The average Bonchev–Trinajstić information content (AvgIpc) is 2.52.